The summed E-state index contributed by atoms with van der Waals surface area (Å²) in [5, 5.41) is 3.55. The number of rotatable bonds is 4. The molecule has 1 atom stereocenters. The minimum atomic E-state index is 0.889. The Kier molecular flexibility index (Phi) is 2.27. The van der Waals surface area contributed by atoms with E-state index >= 15 is 0 Å². The first-order valence-electron chi connectivity index (χ1n) is 4.85. The average molecular weight is 151 g/mol. The topological polar surface area (TPSA) is 12.0 Å². The molecule has 0 aromatic rings. The van der Waals surface area contributed by atoms with Crippen LogP contribution in [0.5, 0.6) is 0 Å². The van der Waals surface area contributed by atoms with E-state index in [1.54, 1.807) is 0 Å². The third kappa shape index (κ3) is 2.33. The van der Waals surface area contributed by atoms with Crippen molar-refractivity contribution in [2.75, 3.05) is 6.54 Å². The molecule has 0 saturated heterocycles. The molecular formula is C10H17N. The molecule has 0 amide bonds. The molecule has 1 saturated carbocycles. The Morgan fingerprint density at radius 1 is 1.27 bits per heavy atom. The lowest BCUT2D eigenvalue weighted by atomic mass is 10.1. The molecule has 0 bridgehead atoms. The molecule has 11 heavy (non-hydrogen) atoms. The number of hydrogen-bond acceptors (Lipinski definition) is 1. The highest BCUT2D eigenvalue weighted by Crippen LogP contribution is 2.22. The largest absolute Gasteiger partial charge is 0.314 e. The molecule has 2 aliphatic carbocycles. The van der Waals surface area contributed by atoms with E-state index in [4.69, 9.17) is 0 Å². The molecule has 0 spiro atoms. The Hall–Kier alpha value is -0.300. The molecule has 0 radical (unpaired) electrons. The van der Waals surface area contributed by atoms with Crippen LogP contribution in [0.4, 0.5) is 0 Å². The second kappa shape index (κ2) is 3.40. The molecule has 1 fully saturated rings. The van der Waals surface area contributed by atoms with Crippen molar-refractivity contribution in [3.63, 3.8) is 0 Å². The summed E-state index contributed by atoms with van der Waals surface area (Å²) in [6, 6.07) is 0.889. The summed E-state index contributed by atoms with van der Waals surface area (Å²) < 4.78 is 0. The second-order valence-corrected chi connectivity index (χ2v) is 3.78. The maximum Gasteiger partial charge on any atom is 0.00682 e. The van der Waals surface area contributed by atoms with Crippen LogP contribution < -0.4 is 5.32 Å². The zero-order valence-electron chi connectivity index (χ0n) is 7.05. The zero-order chi connectivity index (χ0) is 7.52. The van der Waals surface area contributed by atoms with Crippen LogP contribution in [0, 0.1) is 5.92 Å². The molecule has 2 aliphatic rings. The third-order valence-electron chi connectivity index (χ3n) is 2.64. The van der Waals surface area contributed by atoms with E-state index in [0.717, 1.165) is 12.0 Å². The number of hydrogen-bond donors (Lipinski definition) is 1. The fraction of sp³-hybridized carbons (Fsp3) is 0.800. The highest BCUT2D eigenvalue weighted by molar-refractivity contribution is 4.96. The van der Waals surface area contributed by atoms with Gasteiger partial charge in [-0.3, -0.25) is 0 Å². The molecule has 1 heteroatoms. The summed E-state index contributed by atoms with van der Waals surface area (Å²) in [7, 11) is 0. The monoisotopic (exact) mass is 151 g/mol. The predicted molar refractivity (Wildman–Crippen MR) is 47.5 cm³/mol. The fourth-order valence-electron chi connectivity index (χ4n) is 1.70. The van der Waals surface area contributed by atoms with Crippen LogP contribution >= 0.6 is 0 Å². The Morgan fingerprint density at radius 2 is 2.18 bits per heavy atom. The molecule has 1 N–H and O–H groups in total. The maximum absolute atomic E-state index is 3.55. The summed E-state index contributed by atoms with van der Waals surface area (Å²) in [6.07, 6.45) is 11.6. The van der Waals surface area contributed by atoms with Crippen molar-refractivity contribution < 1.29 is 0 Å². The Bertz CT molecular complexity index is 147. The van der Waals surface area contributed by atoms with Gasteiger partial charge in [0.2, 0.25) is 0 Å². The van der Waals surface area contributed by atoms with Gasteiger partial charge in [0, 0.05) is 6.04 Å². The van der Waals surface area contributed by atoms with E-state index in [1.807, 2.05) is 0 Å². The minimum absolute atomic E-state index is 0.889. The van der Waals surface area contributed by atoms with Gasteiger partial charge >= 0.3 is 0 Å². The van der Waals surface area contributed by atoms with Crippen molar-refractivity contribution in [2.45, 2.75) is 38.1 Å². The van der Waals surface area contributed by atoms with Crippen molar-refractivity contribution in [1.82, 2.24) is 5.32 Å². The molecule has 2 rings (SSSR count). The number of allylic oxidation sites excluding steroid dienone is 2. The van der Waals surface area contributed by atoms with Crippen LogP contribution in [0.15, 0.2) is 12.2 Å². The summed E-state index contributed by atoms with van der Waals surface area (Å²) in [5.74, 6) is 0.890. The van der Waals surface area contributed by atoms with Crippen molar-refractivity contribution >= 4 is 0 Å². The first kappa shape index (κ1) is 7.35. The van der Waals surface area contributed by atoms with Gasteiger partial charge in [0.25, 0.3) is 0 Å². The molecule has 0 aromatic carbocycles. The Morgan fingerprint density at radius 3 is 2.82 bits per heavy atom. The van der Waals surface area contributed by atoms with E-state index in [-0.39, 0.29) is 0 Å². The summed E-state index contributed by atoms with van der Waals surface area (Å²) in [5.41, 5.74) is 0. The molecule has 0 aliphatic heterocycles. The van der Waals surface area contributed by atoms with Crippen molar-refractivity contribution in [1.29, 1.82) is 0 Å². The lowest BCUT2D eigenvalue weighted by Crippen LogP contribution is -2.19. The van der Waals surface area contributed by atoms with Crippen LogP contribution in [0.3, 0.4) is 0 Å². The molecule has 0 heterocycles. The standard InChI is InChI=1S/C10H17N/c1-2-4-9(3-1)7-8-11-10-5-6-10/h1,3,9-11H,2,4-8H2. The highest BCUT2D eigenvalue weighted by Gasteiger charge is 2.20. The van der Waals surface area contributed by atoms with Gasteiger partial charge in [-0.15, -0.1) is 0 Å². The summed E-state index contributed by atoms with van der Waals surface area (Å²) >= 11 is 0. The van der Waals surface area contributed by atoms with Crippen LogP contribution in [-0.2, 0) is 0 Å². The predicted octanol–water partition coefficient (Wildman–Crippen LogP) is 2.09. The summed E-state index contributed by atoms with van der Waals surface area (Å²) in [6.45, 7) is 1.24. The fourth-order valence-corrected chi connectivity index (χ4v) is 1.70. The Labute approximate surface area is 68.9 Å². The first-order chi connectivity index (χ1) is 5.45. The van der Waals surface area contributed by atoms with E-state index in [2.05, 4.69) is 17.5 Å². The summed E-state index contributed by atoms with van der Waals surface area (Å²) in [4.78, 5) is 0. The van der Waals surface area contributed by atoms with Gasteiger partial charge in [0.1, 0.15) is 0 Å². The van der Waals surface area contributed by atoms with Gasteiger partial charge in [0.05, 0.1) is 0 Å². The first-order valence-corrected chi connectivity index (χ1v) is 4.85. The second-order valence-electron chi connectivity index (χ2n) is 3.78. The van der Waals surface area contributed by atoms with Crippen LogP contribution in [0.1, 0.15) is 32.1 Å². The molecule has 1 nitrogen and oxygen atoms in total. The van der Waals surface area contributed by atoms with Crippen LogP contribution in [-0.4, -0.2) is 12.6 Å². The average Bonchev–Trinajstić information content (AvgIpc) is 2.66. The van der Waals surface area contributed by atoms with Crippen molar-refractivity contribution in [3.05, 3.63) is 12.2 Å². The third-order valence-corrected chi connectivity index (χ3v) is 2.64. The van der Waals surface area contributed by atoms with Crippen LogP contribution in [0.25, 0.3) is 0 Å². The zero-order valence-corrected chi connectivity index (χ0v) is 7.05. The number of nitrogens with one attached hydrogen (secondary N) is 1. The minimum Gasteiger partial charge on any atom is -0.314 e. The van der Waals surface area contributed by atoms with Gasteiger partial charge in [-0.2, -0.15) is 0 Å². The Balaban J connectivity index is 1.54. The van der Waals surface area contributed by atoms with Gasteiger partial charge in [-0.1, -0.05) is 12.2 Å². The maximum atomic E-state index is 3.55. The molecule has 62 valence electrons. The van der Waals surface area contributed by atoms with Crippen molar-refractivity contribution in [3.8, 4) is 0 Å². The molecule has 0 aromatic heterocycles. The van der Waals surface area contributed by atoms with E-state index < -0.39 is 0 Å². The van der Waals surface area contributed by atoms with E-state index in [1.165, 1.54) is 38.6 Å². The smallest absolute Gasteiger partial charge is 0.00682 e. The van der Waals surface area contributed by atoms with Gasteiger partial charge in [-0.05, 0) is 44.6 Å². The van der Waals surface area contributed by atoms with Crippen LogP contribution in [0.2, 0.25) is 0 Å². The molecule has 1 unspecified atom stereocenters. The highest BCUT2D eigenvalue weighted by atomic mass is 14.9. The SMILES string of the molecule is C1=CC(CCNC2CC2)CC1. The lowest BCUT2D eigenvalue weighted by molar-refractivity contribution is 0.533. The van der Waals surface area contributed by atoms with Gasteiger partial charge < -0.3 is 5.32 Å². The van der Waals surface area contributed by atoms with Crippen molar-refractivity contribution in [2.24, 2.45) is 5.92 Å². The lowest BCUT2D eigenvalue weighted by Gasteiger charge is -2.07. The van der Waals surface area contributed by atoms with E-state index in [0.29, 0.717) is 0 Å². The molecular weight excluding hydrogens is 134 g/mol. The van der Waals surface area contributed by atoms with E-state index in [9.17, 15) is 0 Å². The quantitative estimate of drug-likeness (QED) is 0.607. The normalized spacial score (nSPS) is 29.6. The van der Waals surface area contributed by atoms with Gasteiger partial charge in [-0.25, -0.2) is 0 Å². The van der Waals surface area contributed by atoms with Gasteiger partial charge in [0.15, 0.2) is 0 Å².